The molecule has 2 aromatic rings. The monoisotopic (exact) mass is 565 g/mol. The second-order valence-corrected chi connectivity index (χ2v) is 12.7. The van der Waals surface area contributed by atoms with Crippen LogP contribution in [0.3, 0.4) is 0 Å². The second-order valence-electron chi connectivity index (χ2n) is 9.84. The van der Waals surface area contributed by atoms with E-state index in [-0.39, 0.29) is 31.3 Å². The Balaban J connectivity index is 2.18. The highest BCUT2D eigenvalue weighted by Gasteiger charge is 2.28. The van der Waals surface area contributed by atoms with Gasteiger partial charge in [-0.2, -0.15) is 0 Å². The average molecular weight is 567 g/mol. The quantitative estimate of drug-likeness (QED) is 0.454. The molecular formula is C26H36BrN3O4S. The van der Waals surface area contributed by atoms with Gasteiger partial charge in [-0.3, -0.25) is 13.9 Å². The third-order valence-corrected chi connectivity index (χ3v) is 7.07. The number of nitrogens with one attached hydrogen (secondary N) is 1. The third kappa shape index (κ3) is 9.29. The van der Waals surface area contributed by atoms with Crippen LogP contribution < -0.4 is 9.62 Å². The zero-order valence-electron chi connectivity index (χ0n) is 21.3. The lowest BCUT2D eigenvalue weighted by atomic mass is 10.1. The van der Waals surface area contributed by atoms with Crippen LogP contribution >= 0.6 is 15.9 Å². The Morgan fingerprint density at radius 1 is 1.09 bits per heavy atom. The Bertz CT molecular complexity index is 1130. The van der Waals surface area contributed by atoms with Crippen LogP contribution in [0, 0.1) is 6.92 Å². The molecule has 0 fully saturated rings. The normalized spacial score (nSPS) is 12.7. The Morgan fingerprint density at radius 2 is 1.71 bits per heavy atom. The zero-order chi connectivity index (χ0) is 26.4. The molecule has 9 heteroatoms. The average Bonchev–Trinajstić information content (AvgIpc) is 2.73. The molecule has 0 saturated carbocycles. The Morgan fingerprint density at radius 3 is 2.26 bits per heavy atom. The molecule has 2 amide bonds. The van der Waals surface area contributed by atoms with Crippen LogP contribution in [0.15, 0.2) is 53.0 Å². The van der Waals surface area contributed by atoms with Gasteiger partial charge in [-0.15, -0.1) is 0 Å². The fourth-order valence-corrected chi connectivity index (χ4v) is 5.02. The molecule has 1 N–H and O–H groups in total. The lowest BCUT2D eigenvalue weighted by Crippen LogP contribution is -2.52. The zero-order valence-corrected chi connectivity index (χ0v) is 23.7. The van der Waals surface area contributed by atoms with Crippen molar-refractivity contribution in [2.75, 3.05) is 17.1 Å². The van der Waals surface area contributed by atoms with Crippen LogP contribution in [-0.4, -0.2) is 49.5 Å². The minimum atomic E-state index is -3.51. The SMILES string of the molecule is Cc1ccc(N(CCCC(=O)N(Cc2cccc(Br)c2)[C@H](C)C(=O)NC(C)(C)C)S(C)(=O)=O)cc1. The van der Waals surface area contributed by atoms with E-state index in [2.05, 4.69) is 21.2 Å². The number of aryl methyl sites for hydroxylation is 1. The van der Waals surface area contributed by atoms with E-state index in [1.807, 2.05) is 64.1 Å². The van der Waals surface area contributed by atoms with Crippen molar-refractivity contribution in [3.63, 3.8) is 0 Å². The maximum Gasteiger partial charge on any atom is 0.242 e. The second kappa shape index (κ2) is 12.0. The number of sulfonamides is 1. The summed E-state index contributed by atoms with van der Waals surface area (Å²) in [5, 5.41) is 2.94. The summed E-state index contributed by atoms with van der Waals surface area (Å²) in [7, 11) is -3.51. The van der Waals surface area contributed by atoms with Gasteiger partial charge in [0, 0.05) is 29.5 Å². The maximum absolute atomic E-state index is 13.3. The molecular weight excluding hydrogens is 530 g/mol. The molecule has 0 aliphatic rings. The first kappa shape index (κ1) is 28.8. The van der Waals surface area contributed by atoms with E-state index in [4.69, 9.17) is 0 Å². The molecule has 0 bridgehead atoms. The van der Waals surface area contributed by atoms with Crippen LogP contribution in [0.1, 0.15) is 51.7 Å². The van der Waals surface area contributed by atoms with Gasteiger partial charge in [0.05, 0.1) is 11.9 Å². The third-order valence-electron chi connectivity index (χ3n) is 5.38. The highest BCUT2D eigenvalue weighted by Crippen LogP contribution is 2.20. The molecule has 0 spiro atoms. The molecule has 192 valence electrons. The summed E-state index contributed by atoms with van der Waals surface area (Å²) in [5.41, 5.74) is 2.05. The lowest BCUT2D eigenvalue weighted by molar-refractivity contribution is -0.141. The highest BCUT2D eigenvalue weighted by atomic mass is 79.9. The van der Waals surface area contributed by atoms with Crippen molar-refractivity contribution in [3.05, 3.63) is 64.1 Å². The van der Waals surface area contributed by atoms with Crippen molar-refractivity contribution in [1.82, 2.24) is 10.2 Å². The fraction of sp³-hybridized carbons (Fsp3) is 0.462. The number of carbonyl (C=O) groups excluding carboxylic acids is 2. The highest BCUT2D eigenvalue weighted by molar-refractivity contribution is 9.10. The molecule has 0 unspecified atom stereocenters. The van der Waals surface area contributed by atoms with E-state index < -0.39 is 21.6 Å². The summed E-state index contributed by atoms with van der Waals surface area (Å²) in [4.78, 5) is 27.8. The first-order valence-electron chi connectivity index (χ1n) is 11.6. The molecule has 2 aromatic carbocycles. The van der Waals surface area contributed by atoms with Crippen molar-refractivity contribution >= 4 is 43.5 Å². The van der Waals surface area contributed by atoms with Crippen LogP contribution in [0.2, 0.25) is 0 Å². The minimum absolute atomic E-state index is 0.110. The van der Waals surface area contributed by atoms with Crippen LogP contribution in [0.25, 0.3) is 0 Å². The van der Waals surface area contributed by atoms with E-state index >= 15 is 0 Å². The minimum Gasteiger partial charge on any atom is -0.350 e. The van der Waals surface area contributed by atoms with Gasteiger partial charge in [-0.25, -0.2) is 8.42 Å². The first-order valence-corrected chi connectivity index (χ1v) is 14.2. The number of nitrogens with zero attached hydrogens (tertiary/aromatic N) is 2. The Hall–Kier alpha value is -2.39. The van der Waals surface area contributed by atoms with Crippen molar-refractivity contribution in [2.45, 2.75) is 65.6 Å². The van der Waals surface area contributed by atoms with E-state index in [0.29, 0.717) is 12.1 Å². The number of carbonyl (C=O) groups is 2. The van der Waals surface area contributed by atoms with Crippen molar-refractivity contribution in [3.8, 4) is 0 Å². The molecule has 0 aromatic heterocycles. The molecule has 0 heterocycles. The number of anilines is 1. The molecule has 0 aliphatic carbocycles. The Kier molecular flexibility index (Phi) is 9.92. The summed E-state index contributed by atoms with van der Waals surface area (Å²) in [6.07, 6.45) is 1.59. The van der Waals surface area contributed by atoms with Gasteiger partial charge in [-0.05, 0) is 70.9 Å². The number of halogens is 1. The number of hydrogen-bond donors (Lipinski definition) is 1. The predicted molar refractivity (Wildman–Crippen MR) is 145 cm³/mol. The largest absolute Gasteiger partial charge is 0.350 e. The van der Waals surface area contributed by atoms with Gasteiger partial charge in [0.15, 0.2) is 0 Å². The number of rotatable bonds is 10. The molecule has 0 aliphatic heterocycles. The molecule has 0 saturated heterocycles. The summed E-state index contributed by atoms with van der Waals surface area (Å²) >= 11 is 3.45. The Labute approximate surface area is 218 Å². The topological polar surface area (TPSA) is 86.8 Å². The standard InChI is InChI=1S/C26H36BrN3O4S/c1-19-12-14-23(15-13-19)30(35(6,33)34)16-8-11-24(31)29(18-21-9-7-10-22(27)17-21)20(2)25(32)28-26(3,4)5/h7,9-10,12-15,17,20H,8,11,16,18H2,1-6H3,(H,28,32)/t20-/m1/s1. The van der Waals surface area contributed by atoms with E-state index in [1.54, 1.807) is 24.0 Å². The van der Waals surface area contributed by atoms with Gasteiger partial charge in [0.2, 0.25) is 21.8 Å². The fourth-order valence-electron chi connectivity index (χ4n) is 3.60. The van der Waals surface area contributed by atoms with Crippen molar-refractivity contribution < 1.29 is 18.0 Å². The van der Waals surface area contributed by atoms with Crippen molar-refractivity contribution in [2.24, 2.45) is 0 Å². The maximum atomic E-state index is 13.3. The van der Waals surface area contributed by atoms with Gasteiger partial charge in [0.1, 0.15) is 6.04 Å². The molecule has 35 heavy (non-hydrogen) atoms. The summed E-state index contributed by atoms with van der Waals surface area (Å²) in [6, 6.07) is 14.1. The van der Waals surface area contributed by atoms with Crippen LogP contribution in [0.4, 0.5) is 5.69 Å². The van der Waals surface area contributed by atoms with Gasteiger partial charge >= 0.3 is 0 Å². The molecule has 1 atom stereocenters. The summed E-state index contributed by atoms with van der Waals surface area (Å²) < 4.78 is 27.0. The number of benzene rings is 2. The summed E-state index contributed by atoms with van der Waals surface area (Å²) in [5.74, 6) is -0.447. The summed E-state index contributed by atoms with van der Waals surface area (Å²) in [6.45, 7) is 9.76. The van der Waals surface area contributed by atoms with Gasteiger partial charge in [0.25, 0.3) is 0 Å². The van der Waals surface area contributed by atoms with E-state index in [0.717, 1.165) is 21.9 Å². The van der Waals surface area contributed by atoms with E-state index in [9.17, 15) is 18.0 Å². The van der Waals surface area contributed by atoms with Crippen molar-refractivity contribution in [1.29, 1.82) is 0 Å². The van der Waals surface area contributed by atoms with Gasteiger partial charge < -0.3 is 10.2 Å². The predicted octanol–water partition coefficient (Wildman–Crippen LogP) is 4.64. The smallest absolute Gasteiger partial charge is 0.242 e. The number of amides is 2. The van der Waals surface area contributed by atoms with Gasteiger partial charge in [-0.1, -0.05) is 45.8 Å². The van der Waals surface area contributed by atoms with Crippen LogP contribution in [0.5, 0.6) is 0 Å². The van der Waals surface area contributed by atoms with E-state index in [1.165, 1.54) is 4.31 Å². The molecule has 2 rings (SSSR count). The van der Waals surface area contributed by atoms with Crippen LogP contribution in [-0.2, 0) is 26.2 Å². The molecule has 7 nitrogen and oxygen atoms in total. The number of hydrogen-bond acceptors (Lipinski definition) is 4. The first-order chi connectivity index (χ1) is 16.2. The lowest BCUT2D eigenvalue weighted by Gasteiger charge is -2.32. The molecule has 0 radical (unpaired) electrons.